The number of amides is 2. The number of imidazole rings is 1. The summed E-state index contributed by atoms with van der Waals surface area (Å²) in [4.78, 5) is 31.5. The van der Waals surface area contributed by atoms with E-state index in [1.54, 1.807) is 45.4 Å². The lowest BCUT2D eigenvalue weighted by Gasteiger charge is -2.24. The average Bonchev–Trinajstić information content (AvgIpc) is 3.56. The van der Waals surface area contributed by atoms with Crippen molar-refractivity contribution < 1.29 is 23.5 Å². The lowest BCUT2D eigenvalue weighted by molar-refractivity contribution is 0.0276. The monoisotopic (exact) mass is 522 g/mol. The lowest BCUT2D eigenvalue weighted by Crippen LogP contribution is -2.36. The number of aromatic nitrogens is 4. The Morgan fingerprint density at radius 1 is 1.21 bits per heavy atom. The van der Waals surface area contributed by atoms with Crippen LogP contribution in [0.2, 0.25) is 0 Å². The van der Waals surface area contributed by atoms with Crippen molar-refractivity contribution in [1.29, 1.82) is 0 Å². The molecule has 38 heavy (non-hydrogen) atoms. The van der Waals surface area contributed by atoms with E-state index in [-0.39, 0.29) is 17.8 Å². The van der Waals surface area contributed by atoms with Gasteiger partial charge in [0.15, 0.2) is 11.5 Å². The van der Waals surface area contributed by atoms with E-state index >= 15 is 0 Å². The summed E-state index contributed by atoms with van der Waals surface area (Å²) >= 11 is 0. The summed E-state index contributed by atoms with van der Waals surface area (Å²) in [5, 5.41) is 8.04. The maximum atomic E-state index is 14.5. The number of ether oxygens (including phenoxy) is 2. The van der Waals surface area contributed by atoms with Gasteiger partial charge in [0.2, 0.25) is 0 Å². The fourth-order valence-electron chi connectivity index (χ4n) is 4.52. The van der Waals surface area contributed by atoms with Crippen molar-refractivity contribution in [3.63, 3.8) is 0 Å². The zero-order valence-electron chi connectivity index (χ0n) is 22.1. The van der Waals surface area contributed by atoms with Crippen LogP contribution >= 0.6 is 0 Å². The van der Waals surface area contributed by atoms with E-state index in [4.69, 9.17) is 9.47 Å². The third kappa shape index (κ3) is 5.13. The Balaban J connectivity index is 1.37. The SMILES string of the molecule is CCn1cc2c(OC3CCN(C(=O)OC(C)(C)C)C3)ccc(C(=O)Nc3cc(F)c4nc(C)cn4c3)c2n1. The summed E-state index contributed by atoms with van der Waals surface area (Å²) < 4.78 is 29.6. The molecule has 0 bridgehead atoms. The number of aryl methyl sites for hydroxylation is 2. The van der Waals surface area contributed by atoms with E-state index in [1.165, 1.54) is 6.07 Å². The minimum atomic E-state index is -0.567. The van der Waals surface area contributed by atoms with Gasteiger partial charge in [0.25, 0.3) is 5.91 Å². The van der Waals surface area contributed by atoms with Crippen LogP contribution in [0, 0.1) is 12.7 Å². The van der Waals surface area contributed by atoms with Crippen molar-refractivity contribution in [3.8, 4) is 5.75 Å². The van der Waals surface area contributed by atoms with Gasteiger partial charge in [-0.25, -0.2) is 14.2 Å². The number of nitrogens with one attached hydrogen (secondary N) is 1. The summed E-state index contributed by atoms with van der Waals surface area (Å²) in [5.41, 5.74) is 1.42. The van der Waals surface area contributed by atoms with Crippen LogP contribution in [0.3, 0.4) is 0 Å². The molecule has 0 saturated carbocycles. The molecule has 10 nitrogen and oxygen atoms in total. The predicted octanol–water partition coefficient (Wildman–Crippen LogP) is 4.79. The minimum Gasteiger partial charge on any atom is -0.488 e. The molecular weight excluding hydrogens is 491 g/mol. The second-order valence-electron chi connectivity index (χ2n) is 10.5. The standard InChI is InChI=1S/C27H31FN6O4/c1-6-34-15-20-22(37-18-9-10-32(14-18)26(36)38-27(3,4)5)8-7-19(23(20)31-34)25(35)30-17-11-21(28)24-29-16(2)12-33(24)13-17/h7-8,11-13,15,18H,6,9-10,14H2,1-5H3,(H,30,35). The number of carbonyl (C=O) groups excluding carboxylic acids is 2. The van der Waals surface area contributed by atoms with E-state index in [0.717, 1.165) is 0 Å². The highest BCUT2D eigenvalue weighted by Gasteiger charge is 2.31. The second kappa shape index (κ2) is 9.62. The molecule has 1 fully saturated rings. The Bertz CT molecular complexity index is 1540. The molecule has 1 saturated heterocycles. The van der Waals surface area contributed by atoms with Gasteiger partial charge < -0.3 is 24.1 Å². The van der Waals surface area contributed by atoms with E-state index < -0.39 is 17.3 Å². The molecule has 1 aliphatic heterocycles. The van der Waals surface area contributed by atoms with Gasteiger partial charge in [-0.15, -0.1) is 0 Å². The predicted molar refractivity (Wildman–Crippen MR) is 140 cm³/mol. The number of hydrogen-bond acceptors (Lipinski definition) is 6. The highest BCUT2D eigenvalue weighted by molar-refractivity contribution is 6.12. The molecule has 0 aliphatic carbocycles. The summed E-state index contributed by atoms with van der Waals surface area (Å²) in [5.74, 6) is -0.374. The number of nitrogens with zero attached hydrogens (tertiary/aromatic N) is 5. The summed E-state index contributed by atoms with van der Waals surface area (Å²) in [7, 11) is 0. The largest absolute Gasteiger partial charge is 0.488 e. The van der Waals surface area contributed by atoms with Crippen molar-refractivity contribution in [2.24, 2.45) is 0 Å². The third-order valence-electron chi connectivity index (χ3n) is 6.23. The molecule has 4 heterocycles. The molecular formula is C27H31FN6O4. The van der Waals surface area contributed by atoms with Gasteiger partial charge in [0.05, 0.1) is 28.9 Å². The normalized spacial score (nSPS) is 15.8. The van der Waals surface area contributed by atoms with Crippen LogP contribution in [0.4, 0.5) is 14.9 Å². The molecule has 1 aromatic carbocycles. The minimum absolute atomic E-state index is 0.197. The lowest BCUT2D eigenvalue weighted by atomic mass is 10.1. The molecule has 3 aromatic heterocycles. The van der Waals surface area contributed by atoms with Gasteiger partial charge in [0.1, 0.15) is 23.0 Å². The van der Waals surface area contributed by atoms with Crippen LogP contribution in [0.5, 0.6) is 5.75 Å². The Labute approximate surface area is 219 Å². The Morgan fingerprint density at radius 3 is 2.74 bits per heavy atom. The number of hydrogen-bond donors (Lipinski definition) is 1. The Morgan fingerprint density at radius 2 is 2.00 bits per heavy atom. The number of pyridine rings is 1. The number of rotatable bonds is 5. The topological polar surface area (TPSA) is 103 Å². The first-order valence-electron chi connectivity index (χ1n) is 12.6. The number of halogens is 1. The summed E-state index contributed by atoms with van der Waals surface area (Å²) in [6, 6.07) is 4.63. The molecule has 1 aliphatic rings. The number of fused-ring (bicyclic) bond motifs is 2. The van der Waals surface area contributed by atoms with E-state index in [2.05, 4.69) is 15.4 Å². The van der Waals surface area contributed by atoms with E-state index in [9.17, 15) is 14.0 Å². The highest BCUT2D eigenvalue weighted by Crippen LogP contribution is 2.31. The molecule has 5 rings (SSSR count). The van der Waals surface area contributed by atoms with Gasteiger partial charge in [0, 0.05) is 44.2 Å². The van der Waals surface area contributed by atoms with Crippen molar-refractivity contribution in [1.82, 2.24) is 24.1 Å². The zero-order chi connectivity index (χ0) is 27.2. The number of benzene rings is 1. The van der Waals surface area contributed by atoms with E-state index in [0.29, 0.717) is 59.7 Å². The number of carbonyl (C=O) groups is 2. The zero-order valence-corrected chi connectivity index (χ0v) is 22.1. The first-order valence-corrected chi connectivity index (χ1v) is 12.6. The Kier molecular flexibility index (Phi) is 6.46. The molecule has 0 radical (unpaired) electrons. The first kappa shape index (κ1) is 25.5. The summed E-state index contributed by atoms with van der Waals surface area (Å²) in [6.07, 6.45) is 5.22. The van der Waals surface area contributed by atoms with Gasteiger partial charge in [-0.1, -0.05) is 0 Å². The molecule has 1 atom stereocenters. The smallest absolute Gasteiger partial charge is 0.410 e. The van der Waals surface area contributed by atoms with Crippen LogP contribution in [-0.2, 0) is 11.3 Å². The molecule has 2 amide bonds. The van der Waals surface area contributed by atoms with Crippen molar-refractivity contribution in [2.45, 2.75) is 59.3 Å². The fraction of sp³-hybridized carbons (Fsp3) is 0.407. The quantitative estimate of drug-likeness (QED) is 0.404. The van der Waals surface area contributed by atoms with Gasteiger partial charge in [-0.05, 0) is 46.8 Å². The van der Waals surface area contributed by atoms with Crippen molar-refractivity contribution >= 4 is 34.2 Å². The van der Waals surface area contributed by atoms with Crippen LogP contribution < -0.4 is 10.1 Å². The molecule has 0 spiro atoms. The van der Waals surface area contributed by atoms with Crippen LogP contribution in [-0.4, -0.2) is 60.9 Å². The van der Waals surface area contributed by atoms with Gasteiger partial charge in [-0.2, -0.15) is 5.10 Å². The molecule has 1 unspecified atom stereocenters. The Hall–Kier alpha value is -4.15. The fourth-order valence-corrected chi connectivity index (χ4v) is 4.52. The first-order chi connectivity index (χ1) is 18.0. The third-order valence-corrected chi connectivity index (χ3v) is 6.23. The number of likely N-dealkylation sites (tertiary alicyclic amines) is 1. The van der Waals surface area contributed by atoms with E-state index in [1.807, 2.05) is 33.9 Å². The molecule has 1 N–H and O–H groups in total. The average molecular weight is 523 g/mol. The van der Waals surface area contributed by atoms with Crippen molar-refractivity contribution in [2.75, 3.05) is 18.4 Å². The second-order valence-corrected chi connectivity index (χ2v) is 10.5. The highest BCUT2D eigenvalue weighted by atomic mass is 19.1. The van der Waals surface area contributed by atoms with Gasteiger partial charge in [-0.3, -0.25) is 9.48 Å². The maximum Gasteiger partial charge on any atom is 0.410 e. The maximum absolute atomic E-state index is 14.5. The van der Waals surface area contributed by atoms with Crippen molar-refractivity contribution in [3.05, 3.63) is 53.9 Å². The van der Waals surface area contributed by atoms with Crippen LogP contribution in [0.15, 0.2) is 36.8 Å². The van der Waals surface area contributed by atoms with Crippen LogP contribution in [0.25, 0.3) is 16.6 Å². The summed E-state index contributed by atoms with van der Waals surface area (Å²) in [6.45, 7) is 10.8. The number of anilines is 1. The van der Waals surface area contributed by atoms with Crippen LogP contribution in [0.1, 0.15) is 50.2 Å². The molecule has 4 aromatic rings. The molecule has 11 heteroatoms. The molecule has 200 valence electrons. The van der Waals surface area contributed by atoms with Gasteiger partial charge >= 0.3 is 6.09 Å².